The first kappa shape index (κ1) is 19.8. The highest BCUT2D eigenvalue weighted by atomic mass is 16.3. The van der Waals surface area contributed by atoms with Gasteiger partial charge >= 0.3 is 0 Å². The number of hydrogen-bond donors (Lipinski definition) is 1. The Labute approximate surface area is 177 Å². The Kier molecular flexibility index (Phi) is 4.98. The van der Waals surface area contributed by atoms with E-state index in [9.17, 15) is 9.90 Å². The van der Waals surface area contributed by atoms with Crippen LogP contribution >= 0.6 is 0 Å². The van der Waals surface area contributed by atoms with Crippen LogP contribution < -0.4 is 5.56 Å². The Morgan fingerprint density at radius 2 is 1.77 bits per heavy atom. The van der Waals surface area contributed by atoms with E-state index < -0.39 is 5.60 Å². The van der Waals surface area contributed by atoms with E-state index in [0.29, 0.717) is 43.3 Å². The van der Waals surface area contributed by atoms with Crippen LogP contribution in [0, 0.1) is 0 Å². The SMILES string of the molecule is CC(C)c1ncc(CN2[C@@H]3CC[C@@H]2CC(O)(Cn2nc(C4CC4)ccc2=O)C3)cn1. The van der Waals surface area contributed by atoms with Gasteiger partial charge in [0.15, 0.2) is 0 Å². The lowest BCUT2D eigenvalue weighted by Gasteiger charge is -2.43. The third-order valence-corrected chi connectivity index (χ3v) is 6.94. The number of hydrogen-bond acceptors (Lipinski definition) is 6. The van der Waals surface area contributed by atoms with Gasteiger partial charge in [-0.05, 0) is 44.6 Å². The average Bonchev–Trinajstić information content (AvgIpc) is 3.52. The van der Waals surface area contributed by atoms with E-state index in [0.717, 1.165) is 49.3 Å². The molecule has 0 spiro atoms. The van der Waals surface area contributed by atoms with Crippen molar-refractivity contribution in [2.75, 3.05) is 0 Å². The van der Waals surface area contributed by atoms with Crippen LogP contribution in [-0.2, 0) is 13.1 Å². The Balaban J connectivity index is 1.29. The van der Waals surface area contributed by atoms with Crippen LogP contribution in [0.4, 0.5) is 0 Å². The molecule has 2 atom stereocenters. The van der Waals surface area contributed by atoms with E-state index in [1.165, 1.54) is 4.68 Å². The molecule has 7 nitrogen and oxygen atoms in total. The first-order valence-corrected chi connectivity index (χ1v) is 11.3. The molecule has 2 bridgehead atoms. The normalized spacial score (nSPS) is 28.9. The van der Waals surface area contributed by atoms with Gasteiger partial charge in [-0.15, -0.1) is 0 Å². The summed E-state index contributed by atoms with van der Waals surface area (Å²) in [6, 6.07) is 4.09. The third kappa shape index (κ3) is 3.93. The molecular weight excluding hydrogens is 378 g/mol. The van der Waals surface area contributed by atoms with Gasteiger partial charge < -0.3 is 5.11 Å². The summed E-state index contributed by atoms with van der Waals surface area (Å²) in [5.41, 5.74) is 1.12. The predicted octanol–water partition coefficient (Wildman–Crippen LogP) is 2.59. The minimum absolute atomic E-state index is 0.120. The molecule has 3 aliphatic rings. The van der Waals surface area contributed by atoms with Gasteiger partial charge in [0.1, 0.15) is 5.82 Å². The third-order valence-electron chi connectivity index (χ3n) is 6.94. The van der Waals surface area contributed by atoms with Crippen molar-refractivity contribution in [2.24, 2.45) is 0 Å². The fraction of sp³-hybridized carbons (Fsp3) is 0.652. The summed E-state index contributed by atoms with van der Waals surface area (Å²) in [6.45, 7) is 5.31. The number of fused-ring (bicyclic) bond motifs is 2. The van der Waals surface area contributed by atoms with Crippen LogP contribution in [0.2, 0.25) is 0 Å². The standard InChI is InChI=1S/C23H31N5O2/c1-15(2)22-24-11-16(12-25-22)13-27-18-5-6-19(27)10-23(30,9-18)14-28-21(29)8-7-20(26-28)17-3-4-17/h7-8,11-12,15,17-19,30H,3-6,9-10,13-14H2,1-2H3/t18-,19-/m1/s1. The summed E-state index contributed by atoms with van der Waals surface area (Å²) in [7, 11) is 0. The summed E-state index contributed by atoms with van der Waals surface area (Å²) < 4.78 is 1.50. The average molecular weight is 410 g/mol. The molecule has 4 heterocycles. The predicted molar refractivity (Wildman–Crippen MR) is 113 cm³/mol. The van der Waals surface area contributed by atoms with Crippen molar-refractivity contribution in [3.8, 4) is 0 Å². The van der Waals surface area contributed by atoms with Gasteiger partial charge in [0.05, 0.1) is 17.8 Å². The molecule has 160 valence electrons. The van der Waals surface area contributed by atoms with Crippen molar-refractivity contribution in [3.63, 3.8) is 0 Å². The summed E-state index contributed by atoms with van der Waals surface area (Å²) in [6.07, 6.45) is 9.70. The minimum atomic E-state index is -0.876. The Morgan fingerprint density at radius 1 is 1.10 bits per heavy atom. The number of aromatic nitrogens is 4. The lowest BCUT2D eigenvalue weighted by molar-refractivity contribution is -0.0678. The fourth-order valence-electron chi connectivity index (χ4n) is 5.21. The van der Waals surface area contributed by atoms with Gasteiger partial charge in [0.25, 0.3) is 5.56 Å². The van der Waals surface area contributed by atoms with Gasteiger partial charge in [-0.25, -0.2) is 14.6 Å². The molecule has 0 radical (unpaired) electrons. The van der Waals surface area contributed by atoms with Crippen LogP contribution in [0.5, 0.6) is 0 Å². The van der Waals surface area contributed by atoms with Crippen LogP contribution in [-0.4, -0.2) is 47.4 Å². The first-order chi connectivity index (χ1) is 14.4. The molecule has 2 aliphatic heterocycles. The quantitative estimate of drug-likeness (QED) is 0.790. The van der Waals surface area contributed by atoms with Crippen molar-refractivity contribution in [1.82, 2.24) is 24.6 Å². The van der Waals surface area contributed by atoms with Gasteiger partial charge in [-0.2, -0.15) is 5.10 Å². The second-order valence-electron chi connectivity index (χ2n) is 9.82. The van der Waals surface area contributed by atoms with E-state index in [-0.39, 0.29) is 5.56 Å². The molecule has 0 aromatic carbocycles. The van der Waals surface area contributed by atoms with Crippen LogP contribution in [0.3, 0.4) is 0 Å². The van der Waals surface area contributed by atoms with E-state index in [4.69, 9.17) is 0 Å². The van der Waals surface area contributed by atoms with Gasteiger partial charge in [-0.1, -0.05) is 13.8 Å². The molecule has 0 unspecified atom stereocenters. The van der Waals surface area contributed by atoms with Crippen molar-refractivity contribution >= 4 is 0 Å². The molecule has 2 aromatic rings. The molecule has 0 amide bonds. The zero-order chi connectivity index (χ0) is 20.9. The smallest absolute Gasteiger partial charge is 0.266 e. The van der Waals surface area contributed by atoms with Crippen molar-refractivity contribution in [1.29, 1.82) is 0 Å². The number of rotatable bonds is 6. The van der Waals surface area contributed by atoms with E-state index in [2.05, 4.69) is 33.8 Å². The molecule has 2 saturated heterocycles. The molecule has 1 N–H and O–H groups in total. The highest BCUT2D eigenvalue weighted by Crippen LogP contribution is 2.42. The number of aliphatic hydroxyl groups is 1. The largest absolute Gasteiger partial charge is 0.388 e. The number of piperidine rings is 1. The molecule has 5 rings (SSSR count). The monoisotopic (exact) mass is 409 g/mol. The molecule has 7 heteroatoms. The highest BCUT2D eigenvalue weighted by Gasteiger charge is 2.47. The summed E-state index contributed by atoms with van der Waals surface area (Å²) in [4.78, 5) is 23.9. The Hall–Kier alpha value is -2.12. The molecule has 1 saturated carbocycles. The Morgan fingerprint density at radius 3 is 2.37 bits per heavy atom. The molecule has 2 aromatic heterocycles. The van der Waals surface area contributed by atoms with Crippen LogP contribution in [0.25, 0.3) is 0 Å². The molecule has 1 aliphatic carbocycles. The van der Waals surface area contributed by atoms with E-state index in [1.54, 1.807) is 6.07 Å². The second-order valence-corrected chi connectivity index (χ2v) is 9.82. The molecular formula is C23H31N5O2. The maximum atomic E-state index is 12.4. The molecule has 30 heavy (non-hydrogen) atoms. The molecule has 3 fully saturated rings. The summed E-state index contributed by atoms with van der Waals surface area (Å²) in [5.74, 6) is 1.70. The lowest BCUT2D eigenvalue weighted by atomic mass is 9.85. The van der Waals surface area contributed by atoms with Crippen molar-refractivity contribution in [3.05, 3.63) is 52.0 Å². The van der Waals surface area contributed by atoms with Crippen molar-refractivity contribution < 1.29 is 5.11 Å². The van der Waals surface area contributed by atoms with Crippen LogP contribution in [0.15, 0.2) is 29.3 Å². The maximum Gasteiger partial charge on any atom is 0.266 e. The maximum absolute atomic E-state index is 12.4. The minimum Gasteiger partial charge on any atom is -0.388 e. The van der Waals surface area contributed by atoms with Gasteiger partial charge in [-0.3, -0.25) is 9.69 Å². The van der Waals surface area contributed by atoms with Gasteiger partial charge in [0, 0.05) is 54.5 Å². The zero-order valence-electron chi connectivity index (χ0n) is 17.9. The van der Waals surface area contributed by atoms with Crippen molar-refractivity contribution in [2.45, 2.75) is 95.0 Å². The first-order valence-electron chi connectivity index (χ1n) is 11.3. The second kappa shape index (κ2) is 7.54. The number of nitrogens with zero attached hydrogens (tertiary/aromatic N) is 5. The van der Waals surface area contributed by atoms with E-state index in [1.807, 2.05) is 18.5 Å². The van der Waals surface area contributed by atoms with E-state index >= 15 is 0 Å². The fourth-order valence-corrected chi connectivity index (χ4v) is 5.21. The highest BCUT2D eigenvalue weighted by molar-refractivity contribution is 5.13. The zero-order valence-corrected chi connectivity index (χ0v) is 17.9. The summed E-state index contributed by atoms with van der Waals surface area (Å²) >= 11 is 0. The van der Waals surface area contributed by atoms with Gasteiger partial charge in [0.2, 0.25) is 0 Å². The Bertz CT molecular complexity index is 952. The topological polar surface area (TPSA) is 84.1 Å². The summed E-state index contributed by atoms with van der Waals surface area (Å²) in [5, 5.41) is 16.0. The van der Waals surface area contributed by atoms with Crippen LogP contribution in [0.1, 0.15) is 81.3 Å². The lowest BCUT2D eigenvalue weighted by Crippen LogP contribution is -2.53.